The van der Waals surface area contributed by atoms with Crippen molar-refractivity contribution >= 4 is 10.9 Å². The average molecular weight is 231 g/mol. The minimum Gasteiger partial charge on any atom is -0.351 e. The van der Waals surface area contributed by atoms with Gasteiger partial charge in [-0.3, -0.25) is 0 Å². The Kier molecular flexibility index (Phi) is 3.50. The lowest BCUT2D eigenvalue weighted by molar-refractivity contribution is 0.487. The Hall–Kier alpha value is -1.32. The number of hydrogen-bond donors (Lipinski definition) is 2. The Labute approximate surface area is 103 Å². The standard InChI is InChI=1S/C14H21N3/c1-10(9-15)16-11(2)12-5-4-6-14-13(12)7-8-17(14)3/h4-8,10-11,16H,9,15H2,1-3H3. The molecule has 0 amide bonds. The SMILES string of the molecule is CC(CN)NC(C)c1cccc2c1ccn2C. The van der Waals surface area contributed by atoms with Gasteiger partial charge in [-0.05, 0) is 31.5 Å². The van der Waals surface area contributed by atoms with Crippen LogP contribution in [0.2, 0.25) is 0 Å². The number of hydrogen-bond acceptors (Lipinski definition) is 2. The van der Waals surface area contributed by atoms with Crippen molar-refractivity contribution in [3.63, 3.8) is 0 Å². The van der Waals surface area contributed by atoms with E-state index >= 15 is 0 Å². The van der Waals surface area contributed by atoms with E-state index in [1.54, 1.807) is 0 Å². The van der Waals surface area contributed by atoms with Crippen molar-refractivity contribution in [2.45, 2.75) is 25.9 Å². The third kappa shape index (κ3) is 2.35. The molecular weight excluding hydrogens is 210 g/mol. The molecule has 3 nitrogen and oxygen atoms in total. The van der Waals surface area contributed by atoms with Crippen molar-refractivity contribution in [1.29, 1.82) is 0 Å². The lowest BCUT2D eigenvalue weighted by atomic mass is 10.0. The molecule has 1 aromatic carbocycles. The fourth-order valence-corrected chi connectivity index (χ4v) is 2.29. The van der Waals surface area contributed by atoms with Crippen LogP contribution in [-0.2, 0) is 7.05 Å². The number of nitrogens with two attached hydrogens (primary N) is 1. The van der Waals surface area contributed by atoms with Crippen LogP contribution in [0.4, 0.5) is 0 Å². The van der Waals surface area contributed by atoms with Crippen molar-refractivity contribution in [2.24, 2.45) is 12.8 Å². The summed E-state index contributed by atoms with van der Waals surface area (Å²) < 4.78 is 2.15. The van der Waals surface area contributed by atoms with Crippen LogP contribution in [0.15, 0.2) is 30.5 Å². The summed E-state index contributed by atoms with van der Waals surface area (Å²) in [5, 5.41) is 4.83. The van der Waals surface area contributed by atoms with Crippen LogP contribution in [0.25, 0.3) is 10.9 Å². The fourth-order valence-electron chi connectivity index (χ4n) is 2.29. The maximum Gasteiger partial charge on any atom is 0.0481 e. The normalized spacial score (nSPS) is 15.1. The van der Waals surface area contributed by atoms with E-state index in [1.165, 1.54) is 16.5 Å². The molecule has 0 aliphatic carbocycles. The summed E-state index contributed by atoms with van der Waals surface area (Å²) in [6.45, 7) is 4.96. The highest BCUT2D eigenvalue weighted by Crippen LogP contribution is 2.24. The van der Waals surface area contributed by atoms with Crippen molar-refractivity contribution in [1.82, 2.24) is 9.88 Å². The van der Waals surface area contributed by atoms with Crippen LogP contribution in [-0.4, -0.2) is 17.2 Å². The highest BCUT2D eigenvalue weighted by Gasteiger charge is 2.12. The van der Waals surface area contributed by atoms with E-state index in [1.807, 2.05) is 0 Å². The Morgan fingerprint density at radius 2 is 2.06 bits per heavy atom. The molecule has 0 saturated heterocycles. The van der Waals surface area contributed by atoms with Crippen LogP contribution in [0.5, 0.6) is 0 Å². The summed E-state index contributed by atoms with van der Waals surface area (Å²) in [5.74, 6) is 0. The van der Waals surface area contributed by atoms with E-state index in [-0.39, 0.29) is 0 Å². The predicted molar refractivity (Wildman–Crippen MR) is 73.0 cm³/mol. The number of rotatable bonds is 4. The second-order valence-electron chi connectivity index (χ2n) is 4.73. The first kappa shape index (κ1) is 12.1. The summed E-state index contributed by atoms with van der Waals surface area (Å²) in [5.41, 5.74) is 8.26. The average Bonchev–Trinajstić information content (AvgIpc) is 2.71. The number of fused-ring (bicyclic) bond motifs is 1. The molecular formula is C14H21N3. The number of aromatic nitrogens is 1. The van der Waals surface area contributed by atoms with Crippen molar-refractivity contribution in [2.75, 3.05) is 6.54 Å². The van der Waals surface area contributed by atoms with Crippen LogP contribution in [0.3, 0.4) is 0 Å². The zero-order valence-electron chi connectivity index (χ0n) is 10.8. The first-order valence-electron chi connectivity index (χ1n) is 6.13. The van der Waals surface area contributed by atoms with Gasteiger partial charge >= 0.3 is 0 Å². The molecule has 3 N–H and O–H groups in total. The van der Waals surface area contributed by atoms with E-state index in [4.69, 9.17) is 5.73 Å². The summed E-state index contributed by atoms with van der Waals surface area (Å²) in [4.78, 5) is 0. The van der Waals surface area contributed by atoms with Gasteiger partial charge in [-0.15, -0.1) is 0 Å². The molecule has 0 aliphatic heterocycles. The Morgan fingerprint density at radius 3 is 2.76 bits per heavy atom. The third-order valence-electron chi connectivity index (χ3n) is 3.32. The second-order valence-corrected chi connectivity index (χ2v) is 4.73. The Bertz CT molecular complexity index is 501. The summed E-state index contributed by atoms with van der Waals surface area (Å²) in [6.07, 6.45) is 2.10. The lowest BCUT2D eigenvalue weighted by Gasteiger charge is -2.20. The van der Waals surface area contributed by atoms with E-state index < -0.39 is 0 Å². The van der Waals surface area contributed by atoms with Crippen molar-refractivity contribution in [3.8, 4) is 0 Å². The fraction of sp³-hybridized carbons (Fsp3) is 0.429. The highest BCUT2D eigenvalue weighted by atomic mass is 15.0. The third-order valence-corrected chi connectivity index (χ3v) is 3.32. The van der Waals surface area contributed by atoms with Gasteiger partial charge in [-0.25, -0.2) is 0 Å². The van der Waals surface area contributed by atoms with Crippen LogP contribution in [0, 0.1) is 0 Å². The zero-order valence-corrected chi connectivity index (χ0v) is 10.8. The predicted octanol–water partition coefficient (Wildman–Crippen LogP) is 2.18. The van der Waals surface area contributed by atoms with E-state index in [0.29, 0.717) is 18.6 Å². The number of benzene rings is 1. The maximum absolute atomic E-state index is 5.65. The summed E-state index contributed by atoms with van der Waals surface area (Å²) in [7, 11) is 2.08. The molecule has 0 bridgehead atoms. The van der Waals surface area contributed by atoms with Gasteiger partial charge in [0.2, 0.25) is 0 Å². The van der Waals surface area contributed by atoms with Gasteiger partial charge in [-0.1, -0.05) is 12.1 Å². The van der Waals surface area contributed by atoms with E-state index in [9.17, 15) is 0 Å². The number of nitrogens with zero attached hydrogens (tertiary/aromatic N) is 1. The minimum absolute atomic E-state index is 0.319. The monoisotopic (exact) mass is 231 g/mol. The topological polar surface area (TPSA) is 43.0 Å². The van der Waals surface area contributed by atoms with Gasteiger partial charge < -0.3 is 15.6 Å². The zero-order chi connectivity index (χ0) is 12.4. The smallest absolute Gasteiger partial charge is 0.0481 e. The molecule has 2 aromatic rings. The van der Waals surface area contributed by atoms with Crippen molar-refractivity contribution in [3.05, 3.63) is 36.0 Å². The van der Waals surface area contributed by atoms with Gasteiger partial charge in [0.1, 0.15) is 0 Å². The maximum atomic E-state index is 5.65. The minimum atomic E-state index is 0.319. The molecule has 2 rings (SSSR count). The summed E-state index contributed by atoms with van der Waals surface area (Å²) in [6, 6.07) is 9.28. The first-order chi connectivity index (χ1) is 8.13. The van der Waals surface area contributed by atoms with Gasteiger partial charge in [0, 0.05) is 42.8 Å². The molecule has 0 radical (unpaired) electrons. The summed E-state index contributed by atoms with van der Waals surface area (Å²) >= 11 is 0. The van der Waals surface area contributed by atoms with Gasteiger partial charge in [0.05, 0.1) is 0 Å². The molecule has 3 heteroatoms. The van der Waals surface area contributed by atoms with Gasteiger partial charge in [0.25, 0.3) is 0 Å². The quantitative estimate of drug-likeness (QED) is 0.847. The van der Waals surface area contributed by atoms with Gasteiger partial charge in [-0.2, -0.15) is 0 Å². The molecule has 17 heavy (non-hydrogen) atoms. The molecule has 0 fully saturated rings. The molecule has 0 saturated carbocycles. The van der Waals surface area contributed by atoms with E-state index in [2.05, 4.69) is 61.2 Å². The van der Waals surface area contributed by atoms with Crippen LogP contribution in [0.1, 0.15) is 25.5 Å². The number of aryl methyl sites for hydroxylation is 1. The van der Waals surface area contributed by atoms with Crippen molar-refractivity contribution < 1.29 is 0 Å². The van der Waals surface area contributed by atoms with Crippen LogP contribution < -0.4 is 11.1 Å². The lowest BCUT2D eigenvalue weighted by Crippen LogP contribution is -2.35. The number of nitrogens with one attached hydrogen (secondary N) is 1. The largest absolute Gasteiger partial charge is 0.351 e. The molecule has 2 atom stereocenters. The molecule has 1 aromatic heterocycles. The van der Waals surface area contributed by atoms with Crippen LogP contribution >= 0.6 is 0 Å². The first-order valence-corrected chi connectivity index (χ1v) is 6.13. The molecule has 1 heterocycles. The Balaban J connectivity index is 2.34. The Morgan fingerprint density at radius 1 is 1.29 bits per heavy atom. The van der Waals surface area contributed by atoms with E-state index in [0.717, 1.165) is 0 Å². The molecule has 92 valence electrons. The molecule has 2 unspecified atom stereocenters. The van der Waals surface area contributed by atoms with Gasteiger partial charge in [0.15, 0.2) is 0 Å². The molecule has 0 spiro atoms. The second kappa shape index (κ2) is 4.90. The highest BCUT2D eigenvalue weighted by molar-refractivity contribution is 5.84. The molecule has 0 aliphatic rings.